The first-order valence-electron chi connectivity index (χ1n) is 6.20. The summed E-state index contributed by atoms with van der Waals surface area (Å²) in [7, 11) is 0. The Morgan fingerprint density at radius 2 is 2.16 bits per heavy atom. The summed E-state index contributed by atoms with van der Waals surface area (Å²) < 4.78 is 4.96. The van der Waals surface area contributed by atoms with Gasteiger partial charge in [0.2, 0.25) is 0 Å². The molecule has 1 aromatic rings. The van der Waals surface area contributed by atoms with Gasteiger partial charge in [0.05, 0.1) is 5.92 Å². The molecule has 1 amide bonds. The van der Waals surface area contributed by atoms with Gasteiger partial charge in [0.1, 0.15) is 0 Å². The van der Waals surface area contributed by atoms with E-state index in [0.29, 0.717) is 16.6 Å². The summed E-state index contributed by atoms with van der Waals surface area (Å²) in [6, 6.07) is 5.23. The van der Waals surface area contributed by atoms with Gasteiger partial charge in [-0.2, -0.15) is 0 Å². The third kappa shape index (κ3) is 3.70. The second-order valence-corrected chi connectivity index (χ2v) is 5.37. The molecule has 0 aliphatic heterocycles. The fraction of sp³-hybridized carbons (Fsp3) is 0.429. The largest absolute Gasteiger partial charge is 0.455 e. The number of anilines is 1. The van der Waals surface area contributed by atoms with Crippen molar-refractivity contribution < 1.29 is 14.3 Å². The van der Waals surface area contributed by atoms with Crippen LogP contribution in [0.4, 0.5) is 5.69 Å². The minimum absolute atomic E-state index is 0.0271. The molecule has 1 N–H and O–H groups in total. The number of hydrogen-bond acceptors (Lipinski definition) is 3. The highest BCUT2D eigenvalue weighted by molar-refractivity contribution is 6.31. The van der Waals surface area contributed by atoms with Crippen molar-refractivity contribution in [1.82, 2.24) is 0 Å². The number of amides is 1. The topological polar surface area (TPSA) is 55.4 Å². The van der Waals surface area contributed by atoms with Crippen molar-refractivity contribution in [2.24, 2.45) is 11.8 Å². The van der Waals surface area contributed by atoms with Gasteiger partial charge in [-0.25, -0.2) is 0 Å². The first-order valence-corrected chi connectivity index (χ1v) is 6.58. The molecule has 0 bridgehead atoms. The van der Waals surface area contributed by atoms with E-state index in [-0.39, 0.29) is 24.4 Å². The Morgan fingerprint density at radius 3 is 2.79 bits per heavy atom. The smallest absolute Gasteiger partial charge is 0.309 e. The van der Waals surface area contributed by atoms with Crippen molar-refractivity contribution in [2.75, 3.05) is 11.9 Å². The third-order valence-electron chi connectivity index (χ3n) is 3.23. The van der Waals surface area contributed by atoms with Gasteiger partial charge in [0.15, 0.2) is 6.61 Å². The van der Waals surface area contributed by atoms with Crippen molar-refractivity contribution >= 4 is 29.2 Å². The Hall–Kier alpha value is -1.55. The molecule has 0 radical (unpaired) electrons. The lowest BCUT2D eigenvalue weighted by molar-refractivity contribution is -0.148. The van der Waals surface area contributed by atoms with E-state index in [1.165, 1.54) is 0 Å². The maximum Gasteiger partial charge on any atom is 0.309 e. The van der Waals surface area contributed by atoms with Crippen LogP contribution in [0, 0.1) is 18.8 Å². The van der Waals surface area contributed by atoms with Crippen LogP contribution in [-0.4, -0.2) is 18.5 Å². The number of ether oxygens (including phenoxy) is 1. The van der Waals surface area contributed by atoms with E-state index >= 15 is 0 Å². The normalized spacial score (nSPS) is 20.8. The maximum atomic E-state index is 11.7. The molecule has 0 saturated heterocycles. The Kier molecular flexibility index (Phi) is 4.10. The van der Waals surface area contributed by atoms with Gasteiger partial charge in [-0.3, -0.25) is 9.59 Å². The van der Waals surface area contributed by atoms with E-state index in [0.717, 1.165) is 12.0 Å². The number of hydrogen-bond donors (Lipinski definition) is 1. The number of carbonyl (C=O) groups excluding carboxylic acids is 2. The summed E-state index contributed by atoms with van der Waals surface area (Å²) >= 11 is 5.86. The summed E-state index contributed by atoms with van der Waals surface area (Å²) in [6.07, 6.45) is 0.855. The van der Waals surface area contributed by atoms with E-state index in [4.69, 9.17) is 16.3 Å². The van der Waals surface area contributed by atoms with E-state index in [9.17, 15) is 9.59 Å². The first-order chi connectivity index (χ1) is 8.97. The lowest BCUT2D eigenvalue weighted by Crippen LogP contribution is -2.22. The van der Waals surface area contributed by atoms with Crippen LogP contribution in [0.25, 0.3) is 0 Å². The van der Waals surface area contributed by atoms with E-state index in [2.05, 4.69) is 5.32 Å². The van der Waals surface area contributed by atoms with Crippen molar-refractivity contribution in [3.8, 4) is 0 Å². The molecule has 0 unspecified atom stereocenters. The summed E-state index contributed by atoms with van der Waals surface area (Å²) in [6.45, 7) is 3.60. The molecular weight excluding hydrogens is 266 g/mol. The van der Waals surface area contributed by atoms with Gasteiger partial charge < -0.3 is 10.1 Å². The molecule has 2 atom stereocenters. The zero-order chi connectivity index (χ0) is 14.0. The molecule has 102 valence electrons. The predicted molar refractivity (Wildman–Crippen MR) is 73.0 cm³/mol. The summed E-state index contributed by atoms with van der Waals surface area (Å²) in [5.41, 5.74) is 1.54. The highest BCUT2D eigenvalue weighted by Gasteiger charge is 2.40. The molecular formula is C14H16ClNO3. The van der Waals surface area contributed by atoms with Crippen LogP contribution >= 0.6 is 11.6 Å². The van der Waals surface area contributed by atoms with Gasteiger partial charge in [-0.1, -0.05) is 24.6 Å². The second-order valence-electron chi connectivity index (χ2n) is 4.93. The average Bonchev–Trinajstić information content (AvgIpc) is 3.08. The summed E-state index contributed by atoms with van der Waals surface area (Å²) in [5.74, 6) is -0.288. The second kappa shape index (κ2) is 5.61. The number of rotatable bonds is 4. The number of nitrogens with one attached hydrogen (secondary N) is 1. The molecule has 1 fully saturated rings. The highest BCUT2D eigenvalue weighted by Crippen LogP contribution is 2.38. The van der Waals surface area contributed by atoms with Gasteiger partial charge in [-0.05, 0) is 37.0 Å². The van der Waals surface area contributed by atoms with Crippen molar-refractivity contribution in [1.29, 1.82) is 0 Å². The maximum absolute atomic E-state index is 11.7. The number of halogens is 1. The van der Waals surface area contributed by atoms with Gasteiger partial charge in [-0.15, -0.1) is 0 Å². The predicted octanol–water partition coefficient (Wildman–Crippen LogP) is 2.79. The van der Waals surface area contributed by atoms with Crippen LogP contribution in [0.5, 0.6) is 0 Å². The van der Waals surface area contributed by atoms with Crippen LogP contribution in [0.3, 0.4) is 0 Å². The monoisotopic (exact) mass is 281 g/mol. The Morgan fingerprint density at radius 1 is 1.47 bits per heavy atom. The zero-order valence-electron chi connectivity index (χ0n) is 10.9. The van der Waals surface area contributed by atoms with Crippen molar-refractivity contribution in [3.63, 3.8) is 0 Å². The van der Waals surface area contributed by atoms with Crippen molar-refractivity contribution in [2.45, 2.75) is 20.3 Å². The van der Waals surface area contributed by atoms with Crippen LogP contribution in [0.1, 0.15) is 18.9 Å². The quantitative estimate of drug-likeness (QED) is 0.864. The number of benzene rings is 1. The lowest BCUT2D eigenvalue weighted by Gasteiger charge is -2.09. The standard InChI is InChI=1S/C14H16ClNO3/c1-8-3-4-10(15)6-12(8)16-13(17)7-19-14(18)11-5-9(11)2/h3-4,6,9,11H,5,7H2,1-2H3,(H,16,17)/t9-,11+/m1/s1. The highest BCUT2D eigenvalue weighted by atomic mass is 35.5. The fourth-order valence-electron chi connectivity index (χ4n) is 1.81. The van der Waals surface area contributed by atoms with Crippen LogP contribution in [0.2, 0.25) is 5.02 Å². The minimum atomic E-state index is -0.355. The Bertz CT molecular complexity index is 515. The molecule has 4 nitrogen and oxygen atoms in total. The number of aryl methyl sites for hydroxylation is 1. The van der Waals surface area contributed by atoms with Gasteiger partial charge >= 0.3 is 5.97 Å². The molecule has 1 aliphatic rings. The molecule has 0 spiro atoms. The van der Waals surface area contributed by atoms with Crippen LogP contribution < -0.4 is 5.32 Å². The molecule has 5 heteroatoms. The first kappa shape index (κ1) is 13.9. The Balaban J connectivity index is 1.84. The molecule has 1 aromatic carbocycles. The van der Waals surface area contributed by atoms with Crippen LogP contribution in [0.15, 0.2) is 18.2 Å². The Labute approximate surface area is 117 Å². The number of carbonyl (C=O) groups is 2. The fourth-order valence-corrected chi connectivity index (χ4v) is 1.98. The molecule has 19 heavy (non-hydrogen) atoms. The molecule has 0 heterocycles. The zero-order valence-corrected chi connectivity index (χ0v) is 11.7. The van der Waals surface area contributed by atoms with Crippen molar-refractivity contribution in [3.05, 3.63) is 28.8 Å². The number of esters is 1. The van der Waals surface area contributed by atoms with E-state index < -0.39 is 0 Å². The molecule has 1 aliphatic carbocycles. The molecule has 0 aromatic heterocycles. The average molecular weight is 282 g/mol. The minimum Gasteiger partial charge on any atom is -0.455 e. The van der Waals surface area contributed by atoms with E-state index in [1.807, 2.05) is 19.9 Å². The lowest BCUT2D eigenvalue weighted by atomic mass is 10.2. The van der Waals surface area contributed by atoms with Crippen LogP contribution in [-0.2, 0) is 14.3 Å². The molecule has 1 saturated carbocycles. The van der Waals surface area contributed by atoms with Gasteiger partial charge in [0, 0.05) is 10.7 Å². The summed E-state index contributed by atoms with van der Waals surface area (Å²) in [4.78, 5) is 23.1. The SMILES string of the molecule is Cc1ccc(Cl)cc1NC(=O)COC(=O)[C@H]1C[C@H]1C. The third-order valence-corrected chi connectivity index (χ3v) is 3.47. The summed E-state index contributed by atoms with van der Waals surface area (Å²) in [5, 5.41) is 3.22. The van der Waals surface area contributed by atoms with Gasteiger partial charge in [0.25, 0.3) is 5.91 Å². The molecule has 2 rings (SSSR count). The van der Waals surface area contributed by atoms with E-state index in [1.54, 1.807) is 12.1 Å².